The standard InChI is InChI=1S/C23H18ClNOS/c1-16-7-13-20(14-8-16)25-22(26)21(15-17-9-11-19(24)12-10-17)27-23(25)18-5-3-2-4-6-18/h2-15,23H,1H3/b21-15-/t23-/m0/s1. The first-order valence-electron chi connectivity index (χ1n) is 8.71. The molecule has 4 rings (SSSR count). The van der Waals surface area contributed by atoms with Crippen LogP contribution in [0.25, 0.3) is 6.08 Å². The number of nitrogens with zero attached hydrogens (tertiary/aromatic N) is 1. The Morgan fingerprint density at radius 2 is 1.59 bits per heavy atom. The molecule has 0 saturated carbocycles. The Bertz CT molecular complexity index is 981. The van der Waals surface area contributed by atoms with E-state index in [2.05, 4.69) is 12.1 Å². The Hall–Kier alpha value is -2.49. The molecular formula is C23H18ClNOS. The summed E-state index contributed by atoms with van der Waals surface area (Å²) in [5.74, 6) is 0.0210. The van der Waals surface area contributed by atoms with Gasteiger partial charge in [-0.2, -0.15) is 0 Å². The highest BCUT2D eigenvalue weighted by Crippen LogP contribution is 2.48. The van der Waals surface area contributed by atoms with Gasteiger partial charge in [-0.3, -0.25) is 9.69 Å². The van der Waals surface area contributed by atoms with Crippen molar-refractivity contribution in [2.24, 2.45) is 0 Å². The van der Waals surface area contributed by atoms with Crippen molar-refractivity contribution in [3.05, 3.63) is 105 Å². The number of halogens is 1. The minimum Gasteiger partial charge on any atom is -0.291 e. The summed E-state index contributed by atoms with van der Waals surface area (Å²) in [6.07, 6.45) is 1.94. The largest absolute Gasteiger partial charge is 0.291 e. The zero-order valence-electron chi connectivity index (χ0n) is 14.8. The number of thioether (sulfide) groups is 1. The molecular weight excluding hydrogens is 374 g/mol. The number of hydrogen-bond donors (Lipinski definition) is 0. The van der Waals surface area contributed by atoms with E-state index in [1.54, 1.807) is 11.8 Å². The number of carbonyl (C=O) groups excluding carboxylic acids is 1. The summed E-state index contributed by atoms with van der Waals surface area (Å²) in [4.78, 5) is 15.9. The zero-order valence-corrected chi connectivity index (χ0v) is 16.4. The van der Waals surface area contributed by atoms with Crippen molar-refractivity contribution in [1.82, 2.24) is 0 Å². The summed E-state index contributed by atoms with van der Waals surface area (Å²) in [6, 6.07) is 25.8. The summed E-state index contributed by atoms with van der Waals surface area (Å²) in [5.41, 5.74) is 4.15. The monoisotopic (exact) mass is 391 g/mol. The first-order valence-corrected chi connectivity index (χ1v) is 9.97. The van der Waals surface area contributed by atoms with Gasteiger partial charge < -0.3 is 0 Å². The van der Waals surface area contributed by atoms with Crippen LogP contribution in [0.15, 0.2) is 83.8 Å². The second-order valence-corrected chi connectivity index (χ2v) is 8.01. The normalized spacial score (nSPS) is 18.3. The highest BCUT2D eigenvalue weighted by atomic mass is 35.5. The molecule has 4 heteroatoms. The highest BCUT2D eigenvalue weighted by Gasteiger charge is 2.38. The third kappa shape index (κ3) is 3.80. The van der Waals surface area contributed by atoms with Crippen molar-refractivity contribution >= 4 is 41.0 Å². The Morgan fingerprint density at radius 3 is 2.26 bits per heavy atom. The first kappa shape index (κ1) is 17.9. The minimum absolute atomic E-state index is 0.0210. The molecule has 1 aliphatic rings. The molecule has 0 spiro atoms. The van der Waals surface area contributed by atoms with E-state index in [9.17, 15) is 4.79 Å². The summed E-state index contributed by atoms with van der Waals surface area (Å²) in [5, 5.41) is 0.603. The number of rotatable bonds is 3. The lowest BCUT2D eigenvalue weighted by molar-refractivity contribution is -0.114. The molecule has 0 radical (unpaired) electrons. The molecule has 1 saturated heterocycles. The maximum absolute atomic E-state index is 13.3. The third-order valence-electron chi connectivity index (χ3n) is 4.47. The van der Waals surface area contributed by atoms with Crippen LogP contribution < -0.4 is 4.90 Å². The van der Waals surface area contributed by atoms with Gasteiger partial charge in [-0.05, 0) is 48.4 Å². The van der Waals surface area contributed by atoms with Crippen LogP contribution >= 0.6 is 23.4 Å². The molecule has 0 N–H and O–H groups in total. The first-order chi connectivity index (χ1) is 13.1. The smallest absolute Gasteiger partial charge is 0.266 e. The Balaban J connectivity index is 1.75. The lowest BCUT2D eigenvalue weighted by Crippen LogP contribution is -2.27. The molecule has 0 aliphatic carbocycles. The Morgan fingerprint density at radius 1 is 0.926 bits per heavy atom. The second kappa shape index (κ2) is 7.63. The second-order valence-electron chi connectivity index (χ2n) is 6.45. The van der Waals surface area contributed by atoms with Gasteiger partial charge in [0, 0.05) is 10.7 Å². The van der Waals surface area contributed by atoms with Gasteiger partial charge in [0.2, 0.25) is 0 Å². The number of carbonyl (C=O) groups is 1. The molecule has 27 heavy (non-hydrogen) atoms. The van der Waals surface area contributed by atoms with Crippen LogP contribution in [0.2, 0.25) is 5.02 Å². The van der Waals surface area contributed by atoms with E-state index < -0.39 is 0 Å². The highest BCUT2D eigenvalue weighted by molar-refractivity contribution is 8.05. The van der Waals surface area contributed by atoms with Crippen LogP contribution in [0.4, 0.5) is 5.69 Å². The molecule has 3 aromatic rings. The predicted octanol–water partition coefficient (Wildman–Crippen LogP) is 6.47. The topological polar surface area (TPSA) is 20.3 Å². The van der Waals surface area contributed by atoms with Crippen LogP contribution in [0.3, 0.4) is 0 Å². The van der Waals surface area contributed by atoms with Crippen molar-refractivity contribution in [1.29, 1.82) is 0 Å². The van der Waals surface area contributed by atoms with E-state index in [4.69, 9.17) is 11.6 Å². The number of aryl methyl sites for hydroxylation is 1. The fourth-order valence-corrected chi connectivity index (χ4v) is 4.43. The molecule has 0 bridgehead atoms. The fraction of sp³-hybridized carbons (Fsp3) is 0.0870. The molecule has 134 valence electrons. The SMILES string of the molecule is Cc1ccc(N2C(=O)/C(=C/c3ccc(Cl)cc3)S[C@H]2c2ccccc2)cc1. The van der Waals surface area contributed by atoms with Gasteiger partial charge in [-0.1, -0.05) is 83.5 Å². The van der Waals surface area contributed by atoms with Gasteiger partial charge >= 0.3 is 0 Å². The zero-order chi connectivity index (χ0) is 18.8. The van der Waals surface area contributed by atoms with E-state index >= 15 is 0 Å². The molecule has 1 atom stereocenters. The van der Waals surface area contributed by atoms with Crippen LogP contribution in [-0.4, -0.2) is 5.91 Å². The summed E-state index contributed by atoms with van der Waals surface area (Å²) >= 11 is 7.56. The van der Waals surface area contributed by atoms with Crippen LogP contribution in [0.1, 0.15) is 22.1 Å². The van der Waals surface area contributed by atoms with Crippen LogP contribution in [-0.2, 0) is 4.79 Å². The van der Waals surface area contributed by atoms with Gasteiger partial charge in [0.05, 0.1) is 4.91 Å². The van der Waals surface area contributed by atoms with Gasteiger partial charge in [-0.15, -0.1) is 0 Å². The number of benzene rings is 3. The maximum atomic E-state index is 13.3. The van der Waals surface area contributed by atoms with Crippen molar-refractivity contribution in [2.75, 3.05) is 4.90 Å². The van der Waals surface area contributed by atoms with E-state index in [0.717, 1.165) is 21.7 Å². The maximum Gasteiger partial charge on any atom is 0.266 e. The minimum atomic E-state index is -0.0834. The lowest BCUT2D eigenvalue weighted by atomic mass is 10.1. The van der Waals surface area contributed by atoms with E-state index in [1.807, 2.05) is 84.6 Å². The molecule has 1 heterocycles. The van der Waals surface area contributed by atoms with Crippen LogP contribution in [0.5, 0.6) is 0 Å². The molecule has 0 aromatic heterocycles. The summed E-state index contributed by atoms with van der Waals surface area (Å²) < 4.78 is 0. The molecule has 1 fully saturated rings. The quantitative estimate of drug-likeness (QED) is 0.477. The van der Waals surface area contributed by atoms with Gasteiger partial charge in [0.15, 0.2) is 0 Å². The third-order valence-corrected chi connectivity index (χ3v) is 5.97. The molecule has 3 aromatic carbocycles. The van der Waals surface area contributed by atoms with E-state index in [1.165, 1.54) is 5.56 Å². The van der Waals surface area contributed by atoms with Gasteiger partial charge in [0.25, 0.3) is 5.91 Å². The van der Waals surface area contributed by atoms with Gasteiger partial charge in [-0.25, -0.2) is 0 Å². The van der Waals surface area contributed by atoms with Crippen molar-refractivity contribution < 1.29 is 4.79 Å². The van der Waals surface area contributed by atoms with Crippen molar-refractivity contribution in [3.63, 3.8) is 0 Å². The van der Waals surface area contributed by atoms with Crippen LogP contribution in [0, 0.1) is 6.92 Å². The van der Waals surface area contributed by atoms with E-state index in [0.29, 0.717) is 5.02 Å². The Labute approximate surface area is 168 Å². The average Bonchev–Trinajstić information content (AvgIpc) is 3.01. The molecule has 1 amide bonds. The number of anilines is 1. The van der Waals surface area contributed by atoms with Crippen molar-refractivity contribution in [2.45, 2.75) is 12.3 Å². The Kier molecular flexibility index (Phi) is 5.06. The predicted molar refractivity (Wildman–Crippen MR) is 115 cm³/mol. The fourth-order valence-electron chi connectivity index (χ4n) is 3.05. The summed E-state index contributed by atoms with van der Waals surface area (Å²) in [7, 11) is 0. The summed E-state index contributed by atoms with van der Waals surface area (Å²) in [6.45, 7) is 2.05. The molecule has 0 unspecified atom stereocenters. The van der Waals surface area contributed by atoms with Gasteiger partial charge in [0.1, 0.15) is 5.37 Å². The number of hydrogen-bond acceptors (Lipinski definition) is 2. The molecule has 1 aliphatic heterocycles. The molecule has 2 nitrogen and oxygen atoms in total. The number of amides is 1. The van der Waals surface area contributed by atoms with Crippen molar-refractivity contribution in [3.8, 4) is 0 Å². The average molecular weight is 392 g/mol. The van der Waals surface area contributed by atoms with E-state index in [-0.39, 0.29) is 11.3 Å². The lowest BCUT2D eigenvalue weighted by Gasteiger charge is -2.23.